The summed E-state index contributed by atoms with van der Waals surface area (Å²) in [6, 6.07) is -0.0185. The largest absolute Gasteiger partial charge is 0.444 e. The summed E-state index contributed by atoms with van der Waals surface area (Å²) in [4.78, 5) is 25.4. The lowest BCUT2D eigenvalue weighted by Gasteiger charge is -2.35. The number of halogens is 1. The summed E-state index contributed by atoms with van der Waals surface area (Å²) in [6.07, 6.45) is 3.67. The fourth-order valence-corrected chi connectivity index (χ4v) is 3.76. The maximum absolute atomic E-state index is 12.1. The second-order valence-electron chi connectivity index (χ2n) is 8.08. The number of rotatable bonds is 5. The van der Waals surface area contributed by atoms with Crippen molar-refractivity contribution in [3.8, 4) is 0 Å². The van der Waals surface area contributed by atoms with Crippen LogP contribution < -0.4 is 16.0 Å². The minimum atomic E-state index is -0.502. The van der Waals surface area contributed by atoms with Crippen LogP contribution in [-0.2, 0) is 4.74 Å². The van der Waals surface area contributed by atoms with Crippen molar-refractivity contribution in [1.82, 2.24) is 15.2 Å². The van der Waals surface area contributed by atoms with Gasteiger partial charge in [-0.1, -0.05) is 0 Å². The highest BCUT2D eigenvalue weighted by atomic mass is 127. The standard InChI is InChI=1S/C18H30N6O2S.HI/c1-18(2,3)26-17(25)22-14(13-4-5-13)12-21-15(19)23-7-9-24(10-8-23)16-20-6-11-27-16;/h6,11,13-14H,4-5,7-10,12H2,1-3H3,(H2,19,21)(H,22,25);1H. The van der Waals surface area contributed by atoms with E-state index in [4.69, 9.17) is 10.5 Å². The minimum absolute atomic E-state index is 0. The molecule has 3 rings (SSSR count). The van der Waals surface area contributed by atoms with Crippen LogP contribution in [0.15, 0.2) is 16.6 Å². The molecule has 2 heterocycles. The van der Waals surface area contributed by atoms with Crippen molar-refractivity contribution >= 4 is 52.5 Å². The predicted molar refractivity (Wildman–Crippen MR) is 124 cm³/mol. The maximum atomic E-state index is 12.1. The van der Waals surface area contributed by atoms with E-state index in [2.05, 4.69) is 25.1 Å². The van der Waals surface area contributed by atoms with Crippen molar-refractivity contribution in [2.75, 3.05) is 37.6 Å². The third kappa shape index (κ3) is 6.94. The monoisotopic (exact) mass is 522 g/mol. The molecule has 0 spiro atoms. The van der Waals surface area contributed by atoms with Crippen LogP contribution in [0.25, 0.3) is 0 Å². The lowest BCUT2D eigenvalue weighted by atomic mass is 10.2. The average Bonchev–Trinajstić information content (AvgIpc) is 3.30. The van der Waals surface area contributed by atoms with Gasteiger partial charge in [-0.15, -0.1) is 35.3 Å². The van der Waals surface area contributed by atoms with Gasteiger partial charge < -0.3 is 25.6 Å². The first-order valence-electron chi connectivity index (χ1n) is 9.50. The van der Waals surface area contributed by atoms with Gasteiger partial charge in [0, 0.05) is 37.8 Å². The van der Waals surface area contributed by atoms with Crippen LogP contribution in [0.5, 0.6) is 0 Å². The molecule has 0 bridgehead atoms. The molecule has 8 nitrogen and oxygen atoms in total. The molecule has 28 heavy (non-hydrogen) atoms. The number of hydrogen-bond acceptors (Lipinski definition) is 6. The molecule has 3 N–H and O–H groups in total. The number of nitrogens with one attached hydrogen (secondary N) is 1. The fraction of sp³-hybridized carbons (Fsp3) is 0.722. The maximum Gasteiger partial charge on any atom is 0.407 e. The molecule has 1 aromatic rings. The van der Waals surface area contributed by atoms with E-state index in [0.717, 1.165) is 44.2 Å². The molecule has 0 radical (unpaired) electrons. The Bertz CT molecular complexity index is 652. The van der Waals surface area contributed by atoms with Crippen LogP contribution in [0.1, 0.15) is 33.6 Å². The van der Waals surface area contributed by atoms with E-state index in [-0.39, 0.29) is 36.1 Å². The van der Waals surface area contributed by atoms with E-state index in [1.54, 1.807) is 11.3 Å². The Hall–Kier alpha value is -1.30. The smallest absolute Gasteiger partial charge is 0.407 e. The van der Waals surface area contributed by atoms with Gasteiger partial charge in [-0.3, -0.25) is 4.99 Å². The van der Waals surface area contributed by atoms with E-state index in [9.17, 15) is 4.79 Å². The molecule has 1 amide bonds. The van der Waals surface area contributed by atoms with Gasteiger partial charge in [0.2, 0.25) is 0 Å². The molecule has 1 unspecified atom stereocenters. The Balaban J connectivity index is 0.00000280. The molecule has 2 aliphatic rings. The van der Waals surface area contributed by atoms with Gasteiger partial charge in [0.25, 0.3) is 0 Å². The molecular weight excluding hydrogens is 491 g/mol. The third-order valence-corrected chi connectivity index (χ3v) is 5.47. The average molecular weight is 522 g/mol. The molecule has 1 aliphatic heterocycles. The fourth-order valence-electron chi connectivity index (χ4n) is 3.06. The quantitative estimate of drug-likeness (QED) is 0.351. The number of piperazine rings is 1. The number of ether oxygens (including phenoxy) is 1. The molecule has 1 atom stereocenters. The zero-order valence-electron chi connectivity index (χ0n) is 16.8. The summed E-state index contributed by atoms with van der Waals surface area (Å²) in [6.45, 7) is 9.48. The SMILES string of the molecule is CC(C)(C)OC(=O)NC(CN=C(N)N1CCN(c2nccs2)CC1)C1CC1.I. The third-order valence-electron chi connectivity index (χ3n) is 4.64. The number of nitrogens with zero attached hydrogens (tertiary/aromatic N) is 4. The summed E-state index contributed by atoms with van der Waals surface area (Å²) in [5.41, 5.74) is 5.71. The van der Waals surface area contributed by atoms with Crippen LogP contribution in [0.2, 0.25) is 0 Å². The van der Waals surface area contributed by atoms with Crippen LogP contribution >= 0.6 is 35.3 Å². The molecule has 1 aromatic heterocycles. The van der Waals surface area contributed by atoms with Crippen LogP contribution in [-0.4, -0.2) is 66.3 Å². The molecule has 1 saturated carbocycles. The number of thiazole rings is 1. The Morgan fingerprint density at radius 1 is 1.39 bits per heavy atom. The molecule has 0 aromatic carbocycles. The van der Waals surface area contributed by atoms with Crippen molar-refractivity contribution in [3.63, 3.8) is 0 Å². The Morgan fingerprint density at radius 2 is 2.07 bits per heavy atom. The molecule has 1 saturated heterocycles. The van der Waals surface area contributed by atoms with Crippen molar-refractivity contribution < 1.29 is 9.53 Å². The van der Waals surface area contributed by atoms with E-state index in [1.807, 2.05) is 32.3 Å². The summed E-state index contributed by atoms with van der Waals surface area (Å²) < 4.78 is 5.37. The van der Waals surface area contributed by atoms with Crippen molar-refractivity contribution in [1.29, 1.82) is 0 Å². The first-order chi connectivity index (χ1) is 12.8. The van der Waals surface area contributed by atoms with Crippen LogP contribution in [0.4, 0.5) is 9.93 Å². The highest BCUT2D eigenvalue weighted by Gasteiger charge is 2.33. The van der Waals surface area contributed by atoms with Crippen molar-refractivity contribution in [3.05, 3.63) is 11.6 Å². The summed E-state index contributed by atoms with van der Waals surface area (Å²) in [5, 5.41) is 6.01. The lowest BCUT2D eigenvalue weighted by molar-refractivity contribution is 0.0500. The van der Waals surface area contributed by atoms with E-state index >= 15 is 0 Å². The number of aliphatic imine (C=N–C) groups is 1. The van der Waals surface area contributed by atoms with E-state index in [0.29, 0.717) is 18.4 Å². The van der Waals surface area contributed by atoms with E-state index < -0.39 is 5.60 Å². The number of alkyl carbamates (subject to hydrolysis) is 1. The van der Waals surface area contributed by atoms with Gasteiger partial charge in [0.1, 0.15) is 5.60 Å². The molecule has 1 aliphatic carbocycles. The zero-order valence-corrected chi connectivity index (χ0v) is 19.9. The number of nitrogens with two attached hydrogens (primary N) is 1. The first-order valence-corrected chi connectivity index (χ1v) is 10.4. The molecule has 158 valence electrons. The summed E-state index contributed by atoms with van der Waals surface area (Å²) in [5.74, 6) is 1.02. The molecular formula is C18H31IN6O2S. The van der Waals surface area contributed by atoms with Crippen LogP contribution in [0, 0.1) is 5.92 Å². The highest BCUT2D eigenvalue weighted by Crippen LogP contribution is 2.33. The Kier molecular flexibility index (Phi) is 8.17. The normalized spacial score (nSPS) is 19.0. The number of anilines is 1. The highest BCUT2D eigenvalue weighted by molar-refractivity contribution is 14.0. The van der Waals surface area contributed by atoms with Gasteiger partial charge in [0.05, 0.1) is 12.6 Å². The first kappa shape index (κ1) is 23.0. The van der Waals surface area contributed by atoms with Gasteiger partial charge in [-0.05, 0) is 39.5 Å². The lowest BCUT2D eigenvalue weighted by Crippen LogP contribution is -2.51. The number of guanidine groups is 1. The number of hydrogen-bond donors (Lipinski definition) is 2. The van der Waals surface area contributed by atoms with Gasteiger partial charge >= 0.3 is 6.09 Å². The van der Waals surface area contributed by atoms with Crippen LogP contribution in [0.3, 0.4) is 0 Å². The van der Waals surface area contributed by atoms with E-state index in [1.165, 1.54) is 0 Å². The van der Waals surface area contributed by atoms with Crippen molar-refractivity contribution in [2.24, 2.45) is 16.6 Å². The number of carbonyl (C=O) groups excluding carboxylic acids is 1. The summed E-state index contributed by atoms with van der Waals surface area (Å²) >= 11 is 1.66. The predicted octanol–water partition coefficient (Wildman–Crippen LogP) is 2.50. The molecule has 2 fully saturated rings. The van der Waals surface area contributed by atoms with Gasteiger partial charge in [-0.2, -0.15) is 0 Å². The summed E-state index contributed by atoms with van der Waals surface area (Å²) in [7, 11) is 0. The van der Waals surface area contributed by atoms with Gasteiger partial charge in [0.15, 0.2) is 11.1 Å². The minimum Gasteiger partial charge on any atom is -0.444 e. The number of carbonyl (C=O) groups is 1. The number of aromatic nitrogens is 1. The second kappa shape index (κ2) is 9.95. The number of amides is 1. The zero-order chi connectivity index (χ0) is 19.4. The Labute approximate surface area is 187 Å². The van der Waals surface area contributed by atoms with Gasteiger partial charge in [-0.25, -0.2) is 9.78 Å². The second-order valence-corrected chi connectivity index (χ2v) is 8.95. The Morgan fingerprint density at radius 3 is 2.61 bits per heavy atom. The molecule has 10 heteroatoms. The topological polar surface area (TPSA) is 96.1 Å². The van der Waals surface area contributed by atoms with Crippen molar-refractivity contribution in [2.45, 2.75) is 45.3 Å².